The van der Waals surface area contributed by atoms with Gasteiger partial charge in [-0.2, -0.15) is 4.98 Å². The SMILES string of the molecule is COc1ccccc1N(C[C@H]1CNC(=O)CO1)C(=O)Cc1noc(CN2C(=O)C(=O)N(CC3CC3)C2=O)n1. The number of rotatable bonds is 10. The average molecular weight is 527 g/mol. The van der Waals surface area contributed by atoms with Crippen LogP contribution in [0.2, 0.25) is 0 Å². The number of hydrogen-bond donors (Lipinski definition) is 1. The van der Waals surface area contributed by atoms with E-state index in [0.717, 1.165) is 22.6 Å². The number of anilines is 1. The molecule has 0 radical (unpaired) electrons. The largest absolute Gasteiger partial charge is 0.495 e. The zero-order valence-corrected chi connectivity index (χ0v) is 20.6. The lowest BCUT2D eigenvalue weighted by molar-refractivity contribution is -0.143. The second kappa shape index (κ2) is 10.6. The van der Waals surface area contributed by atoms with E-state index in [1.54, 1.807) is 24.3 Å². The van der Waals surface area contributed by atoms with Crippen molar-refractivity contribution in [3.63, 3.8) is 0 Å². The zero-order chi connectivity index (χ0) is 26.8. The van der Waals surface area contributed by atoms with Crippen LogP contribution in [0.5, 0.6) is 5.75 Å². The van der Waals surface area contributed by atoms with Gasteiger partial charge in [-0.25, -0.2) is 9.69 Å². The van der Waals surface area contributed by atoms with Crippen LogP contribution in [0.25, 0.3) is 0 Å². The molecule has 38 heavy (non-hydrogen) atoms. The molecule has 3 aliphatic rings. The van der Waals surface area contributed by atoms with Crippen LogP contribution in [0.3, 0.4) is 0 Å². The van der Waals surface area contributed by atoms with Crippen molar-refractivity contribution < 1.29 is 38.0 Å². The first kappa shape index (κ1) is 25.3. The topological polar surface area (TPSA) is 164 Å². The number of methoxy groups -OCH3 is 1. The highest BCUT2D eigenvalue weighted by molar-refractivity contribution is 6.44. The predicted octanol–water partition coefficient (Wildman–Crippen LogP) is -0.130. The Morgan fingerprint density at radius 2 is 1.92 bits per heavy atom. The number of amides is 6. The number of carbonyl (C=O) groups excluding carboxylic acids is 5. The summed E-state index contributed by atoms with van der Waals surface area (Å²) < 4.78 is 16.2. The van der Waals surface area contributed by atoms with Crippen molar-refractivity contribution in [2.45, 2.75) is 31.9 Å². The van der Waals surface area contributed by atoms with Gasteiger partial charge >= 0.3 is 17.8 Å². The van der Waals surface area contributed by atoms with E-state index in [9.17, 15) is 24.0 Å². The van der Waals surface area contributed by atoms with Crippen molar-refractivity contribution in [3.05, 3.63) is 36.0 Å². The van der Waals surface area contributed by atoms with E-state index in [1.165, 1.54) is 12.0 Å². The van der Waals surface area contributed by atoms with Gasteiger partial charge in [-0.15, -0.1) is 0 Å². The number of morpholine rings is 1. The number of benzene rings is 1. The molecular formula is C24H26N6O8. The van der Waals surface area contributed by atoms with Gasteiger partial charge in [0, 0.05) is 13.1 Å². The molecule has 0 spiro atoms. The highest BCUT2D eigenvalue weighted by atomic mass is 16.5. The number of nitrogens with zero attached hydrogens (tertiary/aromatic N) is 5. The first-order valence-electron chi connectivity index (χ1n) is 12.1. The third-order valence-electron chi connectivity index (χ3n) is 6.43. The van der Waals surface area contributed by atoms with Crippen molar-refractivity contribution in [1.82, 2.24) is 25.3 Å². The number of ether oxygens (including phenoxy) is 2. The van der Waals surface area contributed by atoms with Crippen LogP contribution < -0.4 is 15.0 Å². The molecule has 3 heterocycles. The number of imide groups is 2. The molecule has 14 heteroatoms. The van der Waals surface area contributed by atoms with E-state index in [-0.39, 0.29) is 62.7 Å². The third-order valence-corrected chi connectivity index (χ3v) is 6.43. The molecule has 0 unspecified atom stereocenters. The van der Waals surface area contributed by atoms with Gasteiger partial charge in [0.15, 0.2) is 5.82 Å². The van der Waals surface area contributed by atoms with Crippen LogP contribution in [0.15, 0.2) is 28.8 Å². The first-order valence-corrected chi connectivity index (χ1v) is 12.1. The Hall–Kier alpha value is -4.33. The van der Waals surface area contributed by atoms with E-state index in [0.29, 0.717) is 11.4 Å². The molecule has 6 amide bonds. The summed E-state index contributed by atoms with van der Waals surface area (Å²) in [6, 6.07) is 6.24. The molecule has 1 atom stereocenters. The fraction of sp³-hybridized carbons (Fsp3) is 0.458. The van der Waals surface area contributed by atoms with Crippen molar-refractivity contribution in [2.75, 3.05) is 38.3 Å². The molecule has 5 rings (SSSR count). The summed E-state index contributed by atoms with van der Waals surface area (Å²) in [5.41, 5.74) is 0.492. The number of urea groups is 1. The summed E-state index contributed by atoms with van der Waals surface area (Å²) in [7, 11) is 1.49. The highest BCUT2D eigenvalue weighted by Crippen LogP contribution is 2.32. The van der Waals surface area contributed by atoms with Gasteiger partial charge in [0.1, 0.15) is 18.9 Å². The summed E-state index contributed by atoms with van der Waals surface area (Å²) in [6.45, 7) is 0.0913. The Morgan fingerprint density at radius 3 is 2.63 bits per heavy atom. The minimum atomic E-state index is -0.951. The number of carbonyl (C=O) groups is 5. The van der Waals surface area contributed by atoms with E-state index in [4.69, 9.17) is 14.0 Å². The van der Waals surface area contributed by atoms with Gasteiger partial charge in [0.2, 0.25) is 17.7 Å². The summed E-state index contributed by atoms with van der Waals surface area (Å²) in [6.07, 6.45) is 1.11. The minimum Gasteiger partial charge on any atom is -0.495 e. The molecule has 1 aromatic heterocycles. The van der Waals surface area contributed by atoms with Crippen LogP contribution in [-0.4, -0.2) is 89.1 Å². The molecule has 3 fully saturated rings. The monoisotopic (exact) mass is 526 g/mol. The van der Waals surface area contributed by atoms with Gasteiger partial charge in [0.25, 0.3) is 0 Å². The van der Waals surface area contributed by atoms with Crippen molar-refractivity contribution in [3.8, 4) is 5.75 Å². The molecule has 1 aliphatic carbocycles. The van der Waals surface area contributed by atoms with Gasteiger partial charge in [-0.3, -0.25) is 24.1 Å². The number of para-hydroxylation sites is 2. The molecule has 200 valence electrons. The molecule has 0 bridgehead atoms. The van der Waals surface area contributed by atoms with Crippen LogP contribution in [0, 0.1) is 5.92 Å². The number of hydrogen-bond acceptors (Lipinski definition) is 10. The molecule has 2 aliphatic heterocycles. The van der Waals surface area contributed by atoms with Gasteiger partial charge in [-0.05, 0) is 30.9 Å². The van der Waals surface area contributed by atoms with Gasteiger partial charge < -0.3 is 24.2 Å². The van der Waals surface area contributed by atoms with Crippen molar-refractivity contribution >= 4 is 35.3 Å². The molecule has 1 N–H and O–H groups in total. The van der Waals surface area contributed by atoms with Crippen molar-refractivity contribution in [1.29, 1.82) is 0 Å². The van der Waals surface area contributed by atoms with Gasteiger partial charge in [-0.1, -0.05) is 17.3 Å². The number of aromatic nitrogens is 2. The maximum absolute atomic E-state index is 13.4. The second-order valence-electron chi connectivity index (χ2n) is 9.23. The third kappa shape index (κ3) is 5.34. The maximum atomic E-state index is 13.4. The van der Waals surface area contributed by atoms with Crippen molar-refractivity contribution in [2.24, 2.45) is 5.92 Å². The smallest absolute Gasteiger partial charge is 0.334 e. The number of nitrogens with one attached hydrogen (secondary N) is 1. The fourth-order valence-electron chi connectivity index (χ4n) is 4.24. The molecule has 2 aromatic rings. The van der Waals surface area contributed by atoms with E-state index in [1.807, 2.05) is 0 Å². The summed E-state index contributed by atoms with van der Waals surface area (Å²) in [5.74, 6) is -1.82. The Labute approximate surface area is 216 Å². The van der Waals surface area contributed by atoms with Crippen LogP contribution in [0.1, 0.15) is 24.6 Å². The summed E-state index contributed by atoms with van der Waals surface area (Å²) in [5, 5.41) is 6.53. The fourth-order valence-corrected chi connectivity index (χ4v) is 4.24. The standard InChI is InChI=1S/C24H26N6O8/c1-36-17-5-3-2-4-16(17)28(11-15-9-25-19(31)13-37-15)21(32)8-18-26-20(38-27-18)12-30-23(34)22(33)29(24(30)35)10-14-6-7-14/h2-5,14-15H,6-13H2,1H3,(H,25,31)/t15-/m1/s1. The predicted molar refractivity (Wildman–Crippen MR) is 126 cm³/mol. The Bertz CT molecular complexity index is 1260. The average Bonchev–Trinajstić information content (AvgIpc) is 3.61. The molecule has 14 nitrogen and oxygen atoms in total. The van der Waals surface area contributed by atoms with Gasteiger partial charge in [0.05, 0.1) is 31.9 Å². The molecular weight excluding hydrogens is 500 g/mol. The first-order chi connectivity index (χ1) is 18.3. The minimum absolute atomic E-state index is 0.0306. The summed E-state index contributed by atoms with van der Waals surface area (Å²) >= 11 is 0. The second-order valence-corrected chi connectivity index (χ2v) is 9.23. The lowest BCUT2D eigenvalue weighted by Crippen LogP contribution is -2.49. The Balaban J connectivity index is 1.28. The highest BCUT2D eigenvalue weighted by Gasteiger charge is 2.46. The van der Waals surface area contributed by atoms with E-state index < -0.39 is 29.9 Å². The normalized spacial score (nSPS) is 19.7. The van der Waals surface area contributed by atoms with E-state index >= 15 is 0 Å². The lowest BCUT2D eigenvalue weighted by atomic mass is 10.2. The quantitative estimate of drug-likeness (QED) is 0.326. The van der Waals surface area contributed by atoms with Crippen LogP contribution in [-0.2, 0) is 36.9 Å². The lowest BCUT2D eigenvalue weighted by Gasteiger charge is -2.30. The summed E-state index contributed by atoms with van der Waals surface area (Å²) in [4.78, 5) is 69.4. The zero-order valence-electron chi connectivity index (χ0n) is 20.6. The Kier molecular flexibility index (Phi) is 7.05. The molecule has 1 aromatic carbocycles. The molecule has 1 saturated carbocycles. The maximum Gasteiger partial charge on any atom is 0.334 e. The Morgan fingerprint density at radius 1 is 1.16 bits per heavy atom. The van der Waals surface area contributed by atoms with Crippen LogP contribution >= 0.6 is 0 Å². The molecule has 2 saturated heterocycles. The van der Waals surface area contributed by atoms with E-state index in [2.05, 4.69) is 15.5 Å². The van der Waals surface area contributed by atoms with Crippen LogP contribution in [0.4, 0.5) is 10.5 Å².